The summed E-state index contributed by atoms with van der Waals surface area (Å²) in [4.78, 5) is 16.9. The summed E-state index contributed by atoms with van der Waals surface area (Å²) in [5.74, 6) is 0.278. The highest BCUT2D eigenvalue weighted by molar-refractivity contribution is 7.89. The van der Waals surface area contributed by atoms with Gasteiger partial charge >= 0.3 is 6.18 Å². The second-order valence-electron chi connectivity index (χ2n) is 7.79. The zero-order valence-electron chi connectivity index (χ0n) is 18.2. The molecule has 0 spiro atoms. The van der Waals surface area contributed by atoms with Gasteiger partial charge in [-0.25, -0.2) is 18.5 Å². The minimum atomic E-state index is -4.46. The van der Waals surface area contributed by atoms with Crippen LogP contribution in [0.2, 0.25) is 0 Å². The number of carbonyl (C=O) groups is 1. The number of rotatable bonds is 8. The summed E-state index contributed by atoms with van der Waals surface area (Å²) >= 11 is 0. The number of primary sulfonamides is 1. The predicted octanol–water partition coefficient (Wildman–Crippen LogP) is 3.92. The third-order valence-corrected chi connectivity index (χ3v) is 6.15. The lowest BCUT2D eigenvalue weighted by Crippen LogP contribution is -2.27. The van der Waals surface area contributed by atoms with Crippen LogP contribution in [-0.2, 0) is 34.0 Å². The fourth-order valence-electron chi connectivity index (χ4n) is 3.61. The van der Waals surface area contributed by atoms with Crippen molar-refractivity contribution in [3.05, 3.63) is 59.4 Å². The van der Waals surface area contributed by atoms with Gasteiger partial charge in [0.2, 0.25) is 15.9 Å². The van der Waals surface area contributed by atoms with Crippen molar-refractivity contribution in [3.8, 4) is 0 Å². The smallest absolute Gasteiger partial charge is 0.350 e. The van der Waals surface area contributed by atoms with E-state index in [4.69, 9.17) is 5.14 Å². The molecule has 0 saturated heterocycles. The first-order chi connectivity index (χ1) is 15.4. The molecule has 178 valence electrons. The second-order valence-corrected chi connectivity index (χ2v) is 9.35. The summed E-state index contributed by atoms with van der Waals surface area (Å²) in [6.07, 6.45) is -3.31. The Balaban J connectivity index is 1.74. The topological polar surface area (TPSA) is 107 Å². The average molecular weight is 483 g/mol. The molecule has 2 aromatic carbocycles. The molecule has 0 aliphatic heterocycles. The Labute approximate surface area is 189 Å². The van der Waals surface area contributed by atoms with Gasteiger partial charge in [0.05, 0.1) is 27.5 Å². The van der Waals surface area contributed by atoms with E-state index in [-0.39, 0.29) is 23.6 Å². The summed E-state index contributed by atoms with van der Waals surface area (Å²) in [5, 5.41) is 7.92. The molecule has 1 unspecified atom stereocenters. The van der Waals surface area contributed by atoms with Crippen LogP contribution < -0.4 is 10.5 Å². The molecular weight excluding hydrogens is 457 g/mol. The lowest BCUT2D eigenvalue weighted by atomic mass is 10.0. The van der Waals surface area contributed by atoms with Crippen molar-refractivity contribution in [1.82, 2.24) is 14.9 Å². The first kappa shape index (κ1) is 24.7. The van der Waals surface area contributed by atoms with Crippen LogP contribution in [0, 0.1) is 0 Å². The third kappa shape index (κ3) is 5.91. The molecule has 0 aliphatic rings. The number of imidazole rings is 1. The highest BCUT2D eigenvalue weighted by Gasteiger charge is 2.30. The van der Waals surface area contributed by atoms with Crippen LogP contribution in [0.3, 0.4) is 0 Å². The summed E-state index contributed by atoms with van der Waals surface area (Å²) in [6.45, 7) is 4.23. The van der Waals surface area contributed by atoms with Crippen molar-refractivity contribution in [2.75, 3.05) is 0 Å². The zero-order chi connectivity index (χ0) is 24.4. The molecule has 3 rings (SSSR count). The predicted molar refractivity (Wildman–Crippen MR) is 118 cm³/mol. The van der Waals surface area contributed by atoms with Crippen LogP contribution in [0.1, 0.15) is 49.7 Å². The van der Waals surface area contributed by atoms with Crippen molar-refractivity contribution in [1.29, 1.82) is 0 Å². The van der Waals surface area contributed by atoms with Crippen molar-refractivity contribution in [2.24, 2.45) is 5.14 Å². The summed E-state index contributed by atoms with van der Waals surface area (Å²) in [5.41, 5.74) is 0.778. The van der Waals surface area contributed by atoms with E-state index in [0.717, 1.165) is 24.1 Å². The summed E-state index contributed by atoms with van der Waals surface area (Å²) in [6, 6.07) is 8.69. The van der Waals surface area contributed by atoms with E-state index in [1.807, 2.05) is 11.5 Å². The van der Waals surface area contributed by atoms with E-state index in [1.165, 1.54) is 24.3 Å². The highest BCUT2D eigenvalue weighted by atomic mass is 32.2. The lowest BCUT2D eigenvalue weighted by molar-refractivity contribution is -0.137. The molecule has 0 fully saturated rings. The number of amides is 1. The fourth-order valence-corrected chi connectivity index (χ4v) is 4.14. The minimum absolute atomic E-state index is 0.0460. The van der Waals surface area contributed by atoms with Crippen molar-refractivity contribution >= 4 is 27.0 Å². The number of fused-ring (bicyclic) bond motifs is 1. The van der Waals surface area contributed by atoms with Crippen LogP contribution in [0.15, 0.2) is 47.4 Å². The maximum atomic E-state index is 12.9. The number of carbonyl (C=O) groups excluding carboxylic acids is 1. The fraction of sp³-hybridized carbons (Fsp3) is 0.364. The van der Waals surface area contributed by atoms with Crippen LogP contribution in [-0.4, -0.2) is 23.9 Å². The van der Waals surface area contributed by atoms with E-state index in [2.05, 4.69) is 10.3 Å². The van der Waals surface area contributed by atoms with Gasteiger partial charge in [-0.1, -0.05) is 19.1 Å². The number of aryl methyl sites for hydroxylation is 2. The van der Waals surface area contributed by atoms with E-state index in [1.54, 1.807) is 13.0 Å². The van der Waals surface area contributed by atoms with Gasteiger partial charge in [-0.15, -0.1) is 0 Å². The molecule has 0 bridgehead atoms. The Hall–Kier alpha value is -2.92. The Morgan fingerprint density at radius 1 is 1.21 bits per heavy atom. The van der Waals surface area contributed by atoms with Gasteiger partial charge in [-0.3, -0.25) is 4.79 Å². The number of nitrogens with two attached hydrogens (primary N) is 1. The number of nitrogens with zero attached hydrogens (tertiary/aromatic N) is 2. The molecule has 3 N–H and O–H groups in total. The number of halogens is 3. The van der Waals surface area contributed by atoms with Gasteiger partial charge in [0, 0.05) is 19.4 Å². The van der Waals surface area contributed by atoms with Gasteiger partial charge in [-0.05, 0) is 49.2 Å². The number of alkyl halides is 3. The molecule has 1 atom stereocenters. The highest BCUT2D eigenvalue weighted by Crippen LogP contribution is 2.30. The Kier molecular flexibility index (Phi) is 7.13. The van der Waals surface area contributed by atoms with Crippen molar-refractivity contribution in [2.45, 2.75) is 56.8 Å². The monoisotopic (exact) mass is 482 g/mol. The third-order valence-electron chi connectivity index (χ3n) is 5.24. The first-order valence-electron chi connectivity index (χ1n) is 10.4. The molecule has 3 aromatic rings. The molecule has 1 heterocycles. The molecule has 0 aliphatic carbocycles. The SMILES string of the molecule is CCCn1c(CCC(=O)NC(C)c2cccc(C(F)(F)F)c2)nc2cc(S(N)(=O)=O)ccc21. The van der Waals surface area contributed by atoms with Gasteiger partial charge in [-0.2, -0.15) is 13.2 Å². The number of hydrogen-bond acceptors (Lipinski definition) is 4. The van der Waals surface area contributed by atoms with Crippen LogP contribution >= 0.6 is 0 Å². The Morgan fingerprint density at radius 2 is 1.94 bits per heavy atom. The molecule has 11 heteroatoms. The normalized spacial score (nSPS) is 13.3. The first-order valence-corrected chi connectivity index (χ1v) is 11.9. The summed E-state index contributed by atoms with van der Waals surface area (Å²) < 4.78 is 64.0. The van der Waals surface area contributed by atoms with Gasteiger partial charge in [0.15, 0.2) is 0 Å². The van der Waals surface area contributed by atoms with Gasteiger partial charge < -0.3 is 9.88 Å². The van der Waals surface area contributed by atoms with E-state index in [9.17, 15) is 26.4 Å². The molecule has 1 amide bonds. The van der Waals surface area contributed by atoms with E-state index >= 15 is 0 Å². The minimum Gasteiger partial charge on any atom is -0.350 e. The quantitative estimate of drug-likeness (QED) is 0.507. The van der Waals surface area contributed by atoms with E-state index < -0.39 is 27.8 Å². The standard InChI is InChI=1S/C22H25F3N4O3S/c1-3-11-29-19-8-7-17(33(26,31)32)13-18(19)28-20(29)9-10-21(30)27-14(2)15-5-4-6-16(12-15)22(23,24)25/h4-8,12-14H,3,9-11H2,1-2H3,(H,27,30)(H2,26,31,32). The van der Waals surface area contributed by atoms with Gasteiger partial charge in [0.1, 0.15) is 5.82 Å². The van der Waals surface area contributed by atoms with Gasteiger partial charge in [0.25, 0.3) is 0 Å². The number of sulfonamides is 1. The number of aromatic nitrogens is 2. The molecular formula is C22H25F3N4O3S. The number of hydrogen-bond donors (Lipinski definition) is 2. The van der Waals surface area contributed by atoms with Crippen LogP contribution in [0.4, 0.5) is 13.2 Å². The summed E-state index contributed by atoms with van der Waals surface area (Å²) in [7, 11) is -3.87. The Morgan fingerprint density at radius 3 is 2.58 bits per heavy atom. The van der Waals surface area contributed by atoms with Crippen LogP contribution in [0.5, 0.6) is 0 Å². The largest absolute Gasteiger partial charge is 0.416 e. The van der Waals surface area contributed by atoms with Crippen molar-refractivity contribution in [3.63, 3.8) is 0 Å². The van der Waals surface area contributed by atoms with E-state index in [0.29, 0.717) is 23.4 Å². The Bertz CT molecular complexity index is 1270. The molecule has 0 radical (unpaired) electrons. The number of benzene rings is 2. The lowest BCUT2D eigenvalue weighted by Gasteiger charge is -2.16. The average Bonchev–Trinajstić information content (AvgIpc) is 3.08. The van der Waals surface area contributed by atoms with Crippen molar-refractivity contribution < 1.29 is 26.4 Å². The second kappa shape index (κ2) is 9.52. The zero-order valence-corrected chi connectivity index (χ0v) is 19.0. The maximum absolute atomic E-state index is 12.9. The maximum Gasteiger partial charge on any atom is 0.416 e. The molecule has 7 nitrogen and oxygen atoms in total. The van der Waals surface area contributed by atoms with Crippen LogP contribution in [0.25, 0.3) is 11.0 Å². The number of nitrogens with one attached hydrogen (secondary N) is 1. The molecule has 1 aromatic heterocycles. The molecule has 33 heavy (non-hydrogen) atoms. The molecule has 0 saturated carbocycles.